The maximum absolute atomic E-state index is 13.2. The SMILES string of the molecule is Cn1cc(-c2cc3c(cc2NC(=O)c2coc(-c4ccnc(N)c4)n2)CC2(CCNCC2)O3)cn1.O=C(O)C(F)(F)F. The highest BCUT2D eigenvalue weighted by Gasteiger charge is 2.41. The van der Waals surface area contributed by atoms with E-state index < -0.39 is 12.1 Å². The lowest BCUT2D eigenvalue weighted by Crippen LogP contribution is -2.45. The summed E-state index contributed by atoms with van der Waals surface area (Å²) in [4.78, 5) is 30.4. The number of alkyl halides is 3. The Bertz CT molecular complexity index is 1630. The van der Waals surface area contributed by atoms with Crippen molar-refractivity contribution in [2.45, 2.75) is 31.0 Å². The Labute approximate surface area is 236 Å². The lowest BCUT2D eigenvalue weighted by molar-refractivity contribution is -0.192. The average molecular weight is 586 g/mol. The molecule has 1 saturated heterocycles. The molecule has 0 saturated carbocycles. The number of oxazole rings is 1. The second-order valence-corrected chi connectivity index (χ2v) is 9.88. The predicted molar refractivity (Wildman–Crippen MR) is 144 cm³/mol. The predicted octanol–water partition coefficient (Wildman–Crippen LogP) is 3.66. The van der Waals surface area contributed by atoms with E-state index in [2.05, 4.69) is 25.7 Å². The number of piperidine rings is 1. The summed E-state index contributed by atoms with van der Waals surface area (Å²) in [6.07, 6.45) is 4.23. The summed E-state index contributed by atoms with van der Waals surface area (Å²) >= 11 is 0. The van der Waals surface area contributed by atoms with Gasteiger partial charge in [-0.25, -0.2) is 14.8 Å². The molecule has 1 amide bonds. The largest absolute Gasteiger partial charge is 0.490 e. The van der Waals surface area contributed by atoms with Gasteiger partial charge in [-0.2, -0.15) is 18.3 Å². The van der Waals surface area contributed by atoms with Crippen LogP contribution in [-0.2, 0) is 18.3 Å². The van der Waals surface area contributed by atoms with Crippen LogP contribution in [0.4, 0.5) is 24.7 Å². The zero-order chi connectivity index (χ0) is 30.1. The van der Waals surface area contributed by atoms with Gasteiger partial charge in [0.2, 0.25) is 5.89 Å². The quantitative estimate of drug-likeness (QED) is 0.277. The van der Waals surface area contributed by atoms with Gasteiger partial charge in [0.15, 0.2) is 5.69 Å². The maximum atomic E-state index is 13.2. The number of carboxylic acids is 1. The number of aromatic nitrogens is 4. The number of carboxylic acid groups (broad SMARTS) is 1. The van der Waals surface area contributed by atoms with Gasteiger partial charge in [-0.3, -0.25) is 9.48 Å². The van der Waals surface area contributed by atoms with E-state index in [0.717, 1.165) is 54.8 Å². The Hall–Kier alpha value is -4.92. The first kappa shape index (κ1) is 28.6. The molecule has 42 heavy (non-hydrogen) atoms. The monoisotopic (exact) mass is 585 g/mol. The molecule has 220 valence electrons. The number of amides is 1. The second-order valence-electron chi connectivity index (χ2n) is 9.88. The third-order valence-electron chi connectivity index (χ3n) is 6.83. The number of nitrogens with two attached hydrogens (primary N) is 1. The van der Waals surface area contributed by atoms with Crippen LogP contribution >= 0.6 is 0 Å². The molecule has 0 aliphatic carbocycles. The zero-order valence-corrected chi connectivity index (χ0v) is 22.2. The Morgan fingerprint density at radius 2 is 1.93 bits per heavy atom. The van der Waals surface area contributed by atoms with Crippen molar-refractivity contribution in [2.24, 2.45) is 7.05 Å². The number of anilines is 2. The Balaban J connectivity index is 0.000000451. The molecule has 0 bridgehead atoms. The number of carbonyl (C=O) groups is 2. The number of nitrogens with zero attached hydrogens (tertiary/aromatic N) is 4. The highest BCUT2D eigenvalue weighted by molar-refractivity contribution is 6.05. The van der Waals surface area contributed by atoms with Crippen molar-refractivity contribution < 1.29 is 37.0 Å². The minimum absolute atomic E-state index is 0.166. The number of ether oxygens (including phenoxy) is 1. The Morgan fingerprint density at radius 3 is 2.57 bits per heavy atom. The van der Waals surface area contributed by atoms with Crippen LogP contribution in [0.5, 0.6) is 5.75 Å². The molecule has 2 aliphatic rings. The van der Waals surface area contributed by atoms with Gasteiger partial charge in [0.05, 0.1) is 6.20 Å². The standard InChI is InChI=1S/C25H25N7O3.C2HF3O2/c1-32-13-17(12-29-32)18-10-21-16(11-25(35-21)3-6-27-7-4-25)8-19(18)30-23(33)20-14-34-24(31-20)15-2-5-28-22(26)9-15;3-2(4,5)1(6)7/h2,5,8-10,12-14,27H,3-4,6-7,11H2,1H3,(H2,26,28)(H,30,33);(H,6,7). The first-order valence-corrected chi connectivity index (χ1v) is 12.8. The molecule has 0 atom stereocenters. The topological polar surface area (TPSA) is 170 Å². The van der Waals surface area contributed by atoms with E-state index in [1.165, 1.54) is 6.26 Å². The average Bonchev–Trinajstić information content (AvgIpc) is 3.67. The number of rotatable bonds is 4. The summed E-state index contributed by atoms with van der Waals surface area (Å²) < 4.78 is 45.5. The second kappa shape index (κ2) is 11.2. The fraction of sp³-hybridized carbons (Fsp3) is 0.296. The number of hydrogen-bond acceptors (Lipinski definition) is 9. The molecule has 2 aliphatic heterocycles. The van der Waals surface area contributed by atoms with Crippen LogP contribution < -0.4 is 21.1 Å². The number of pyridine rings is 1. The van der Waals surface area contributed by atoms with Crippen molar-refractivity contribution in [3.05, 3.63) is 60.4 Å². The molecule has 1 spiro atoms. The van der Waals surface area contributed by atoms with Crippen molar-refractivity contribution in [1.29, 1.82) is 0 Å². The summed E-state index contributed by atoms with van der Waals surface area (Å²) in [7, 11) is 1.86. The first-order valence-electron chi connectivity index (χ1n) is 12.8. The van der Waals surface area contributed by atoms with Crippen LogP contribution in [0.3, 0.4) is 0 Å². The lowest BCUT2D eigenvalue weighted by atomic mass is 9.87. The van der Waals surface area contributed by atoms with Gasteiger partial charge in [-0.05, 0) is 50.2 Å². The van der Waals surface area contributed by atoms with Crippen LogP contribution in [0.25, 0.3) is 22.6 Å². The van der Waals surface area contributed by atoms with Gasteiger partial charge < -0.3 is 30.6 Å². The van der Waals surface area contributed by atoms with Crippen molar-refractivity contribution in [3.63, 3.8) is 0 Å². The molecule has 1 fully saturated rings. The van der Waals surface area contributed by atoms with E-state index in [-0.39, 0.29) is 17.2 Å². The highest BCUT2D eigenvalue weighted by Crippen LogP contribution is 2.44. The van der Waals surface area contributed by atoms with E-state index in [0.29, 0.717) is 23.0 Å². The van der Waals surface area contributed by atoms with Crippen molar-refractivity contribution in [2.75, 3.05) is 24.1 Å². The molecule has 0 radical (unpaired) electrons. The van der Waals surface area contributed by atoms with Crippen molar-refractivity contribution in [3.8, 4) is 28.3 Å². The van der Waals surface area contributed by atoms with Gasteiger partial charge in [0.1, 0.15) is 23.4 Å². The van der Waals surface area contributed by atoms with E-state index in [9.17, 15) is 18.0 Å². The molecule has 15 heteroatoms. The number of nitrogens with one attached hydrogen (secondary N) is 2. The van der Waals surface area contributed by atoms with E-state index in [1.54, 1.807) is 29.2 Å². The number of carbonyl (C=O) groups excluding carboxylic acids is 1. The van der Waals surface area contributed by atoms with Gasteiger partial charge in [-0.1, -0.05) is 0 Å². The van der Waals surface area contributed by atoms with E-state index in [1.807, 2.05) is 25.4 Å². The fourth-order valence-corrected chi connectivity index (χ4v) is 4.82. The van der Waals surface area contributed by atoms with Crippen molar-refractivity contribution in [1.82, 2.24) is 25.1 Å². The summed E-state index contributed by atoms with van der Waals surface area (Å²) in [5, 5.41) is 17.9. The smallest absolute Gasteiger partial charge is 0.487 e. The molecule has 0 unspecified atom stereocenters. The number of benzene rings is 1. The molecule has 12 nitrogen and oxygen atoms in total. The van der Waals surface area contributed by atoms with Crippen LogP contribution in [-0.4, -0.2) is 61.6 Å². The normalized spacial score (nSPS) is 15.3. The fourth-order valence-electron chi connectivity index (χ4n) is 4.82. The zero-order valence-electron chi connectivity index (χ0n) is 22.2. The van der Waals surface area contributed by atoms with E-state index in [4.69, 9.17) is 24.8 Å². The first-order chi connectivity index (χ1) is 19.9. The van der Waals surface area contributed by atoms with E-state index >= 15 is 0 Å². The summed E-state index contributed by atoms with van der Waals surface area (Å²) in [5.74, 6) is -1.62. The molecule has 5 heterocycles. The lowest BCUT2D eigenvalue weighted by Gasteiger charge is -2.33. The van der Waals surface area contributed by atoms with Crippen LogP contribution in [0.2, 0.25) is 0 Å². The molecule has 5 N–H and O–H groups in total. The summed E-state index contributed by atoms with van der Waals surface area (Å²) in [5.41, 5.74) is 9.86. The highest BCUT2D eigenvalue weighted by atomic mass is 19.4. The Morgan fingerprint density at radius 1 is 1.19 bits per heavy atom. The van der Waals surface area contributed by atoms with Crippen molar-refractivity contribution >= 4 is 23.4 Å². The summed E-state index contributed by atoms with van der Waals surface area (Å²) in [6, 6.07) is 7.39. The van der Waals surface area contributed by atoms with Crippen LogP contribution in [0.1, 0.15) is 28.9 Å². The number of aryl methyl sites for hydroxylation is 1. The molecule has 1 aromatic carbocycles. The van der Waals surface area contributed by atoms with Crippen LogP contribution in [0.15, 0.2) is 53.5 Å². The molecule has 4 aromatic rings. The van der Waals surface area contributed by atoms with Gasteiger partial charge in [0.25, 0.3) is 5.91 Å². The van der Waals surface area contributed by atoms with Gasteiger partial charge >= 0.3 is 12.1 Å². The third kappa shape index (κ3) is 6.20. The molecular weight excluding hydrogens is 559 g/mol. The van der Waals surface area contributed by atoms with Gasteiger partial charge in [-0.15, -0.1) is 0 Å². The number of aliphatic carboxylic acids is 1. The Kier molecular flexibility index (Phi) is 7.60. The number of nitrogen functional groups attached to an aromatic ring is 1. The third-order valence-corrected chi connectivity index (χ3v) is 6.83. The number of halogens is 3. The molecular formula is C27H26F3N7O5. The number of fused-ring (bicyclic) bond motifs is 1. The van der Waals surface area contributed by atoms with Gasteiger partial charge in [0, 0.05) is 53.8 Å². The van der Waals surface area contributed by atoms with Crippen LogP contribution in [0, 0.1) is 0 Å². The number of hydrogen-bond donors (Lipinski definition) is 4. The molecule has 6 rings (SSSR count). The minimum atomic E-state index is -5.08. The minimum Gasteiger partial charge on any atom is -0.487 e. The maximum Gasteiger partial charge on any atom is 0.490 e. The molecule has 3 aromatic heterocycles. The summed E-state index contributed by atoms with van der Waals surface area (Å²) in [6.45, 7) is 1.87.